The number of hydrogen-bond donors (Lipinski definition) is 2. The molecule has 108 valence electrons. The Kier molecular flexibility index (Phi) is 4.69. The Balaban J connectivity index is 2.21. The lowest BCUT2D eigenvalue weighted by molar-refractivity contribution is 0.218. The van der Waals surface area contributed by atoms with Crippen LogP contribution in [0.4, 0.5) is 0 Å². The lowest BCUT2D eigenvalue weighted by Crippen LogP contribution is -2.47. The summed E-state index contributed by atoms with van der Waals surface area (Å²) in [4.78, 5) is 0. The van der Waals surface area contributed by atoms with Gasteiger partial charge in [0.25, 0.3) is 0 Å². The molecule has 1 aliphatic carbocycles. The number of nitrogens with one attached hydrogen (secondary N) is 1. The Morgan fingerprint density at radius 1 is 1.47 bits per heavy atom. The van der Waals surface area contributed by atoms with Gasteiger partial charge in [-0.3, -0.25) is 16.0 Å². The van der Waals surface area contributed by atoms with E-state index >= 15 is 0 Å². The van der Waals surface area contributed by atoms with Crippen LogP contribution < -0.4 is 11.3 Å². The summed E-state index contributed by atoms with van der Waals surface area (Å²) in [5.74, 6) is 5.83. The molecule has 0 spiro atoms. The van der Waals surface area contributed by atoms with Gasteiger partial charge in [-0.05, 0) is 40.6 Å². The SMILES string of the molecule is CCc1nn(C)c(CC(NN)C2(C)CCCC2)c1Br. The van der Waals surface area contributed by atoms with Crippen molar-refractivity contribution in [3.63, 3.8) is 0 Å². The highest BCUT2D eigenvalue weighted by molar-refractivity contribution is 9.10. The van der Waals surface area contributed by atoms with Gasteiger partial charge in [0.15, 0.2) is 0 Å². The van der Waals surface area contributed by atoms with Crippen molar-refractivity contribution in [1.82, 2.24) is 15.2 Å². The van der Waals surface area contributed by atoms with Gasteiger partial charge in [0.2, 0.25) is 0 Å². The Labute approximate surface area is 124 Å². The van der Waals surface area contributed by atoms with Crippen molar-refractivity contribution >= 4 is 15.9 Å². The first-order valence-electron chi connectivity index (χ1n) is 7.18. The van der Waals surface area contributed by atoms with Crippen molar-refractivity contribution in [3.05, 3.63) is 15.9 Å². The minimum atomic E-state index is 0.310. The van der Waals surface area contributed by atoms with Gasteiger partial charge < -0.3 is 0 Å². The fourth-order valence-corrected chi connectivity index (χ4v) is 4.05. The highest BCUT2D eigenvalue weighted by atomic mass is 79.9. The van der Waals surface area contributed by atoms with E-state index in [1.165, 1.54) is 31.4 Å². The molecule has 1 aliphatic rings. The molecule has 2 rings (SSSR count). The van der Waals surface area contributed by atoms with Crippen LogP contribution in [0.15, 0.2) is 4.47 Å². The summed E-state index contributed by atoms with van der Waals surface area (Å²) in [6.07, 6.45) is 7.04. The van der Waals surface area contributed by atoms with E-state index in [0.717, 1.165) is 23.0 Å². The molecule has 0 amide bonds. The summed E-state index contributed by atoms with van der Waals surface area (Å²) in [6.45, 7) is 4.49. The summed E-state index contributed by atoms with van der Waals surface area (Å²) >= 11 is 3.69. The Bertz CT molecular complexity index is 435. The number of hydrogen-bond acceptors (Lipinski definition) is 3. The average molecular weight is 329 g/mol. The Hall–Kier alpha value is -0.390. The van der Waals surface area contributed by atoms with E-state index in [9.17, 15) is 0 Å². The predicted octanol–water partition coefficient (Wildman–Crippen LogP) is 2.70. The highest BCUT2D eigenvalue weighted by Gasteiger charge is 2.37. The van der Waals surface area contributed by atoms with Crippen molar-refractivity contribution in [3.8, 4) is 0 Å². The molecule has 0 saturated heterocycles. The second kappa shape index (κ2) is 5.94. The summed E-state index contributed by atoms with van der Waals surface area (Å²) in [5, 5.41) is 4.57. The molecule has 1 fully saturated rings. The van der Waals surface area contributed by atoms with Crippen molar-refractivity contribution in [2.75, 3.05) is 0 Å². The third-order valence-corrected chi connectivity index (χ3v) is 5.60. The first-order chi connectivity index (χ1) is 9.01. The van der Waals surface area contributed by atoms with E-state index in [-0.39, 0.29) is 0 Å². The normalized spacial score (nSPS) is 19.8. The van der Waals surface area contributed by atoms with Crippen LogP contribution in [0.2, 0.25) is 0 Å². The van der Waals surface area contributed by atoms with E-state index in [1.807, 2.05) is 11.7 Å². The van der Waals surface area contributed by atoms with Crippen LogP contribution in [0, 0.1) is 5.41 Å². The van der Waals surface area contributed by atoms with Crippen LogP contribution in [0.5, 0.6) is 0 Å². The monoisotopic (exact) mass is 328 g/mol. The molecular weight excluding hydrogens is 304 g/mol. The Morgan fingerprint density at radius 2 is 2.11 bits per heavy atom. The maximum atomic E-state index is 5.83. The summed E-state index contributed by atoms with van der Waals surface area (Å²) in [5.41, 5.74) is 5.74. The van der Waals surface area contributed by atoms with E-state index in [4.69, 9.17) is 5.84 Å². The largest absolute Gasteiger partial charge is 0.271 e. The molecule has 1 saturated carbocycles. The quantitative estimate of drug-likeness (QED) is 0.645. The molecule has 1 atom stereocenters. The third kappa shape index (κ3) is 2.88. The zero-order valence-corrected chi connectivity index (χ0v) is 13.8. The third-order valence-electron chi connectivity index (χ3n) is 4.69. The van der Waals surface area contributed by atoms with Gasteiger partial charge in [0.1, 0.15) is 0 Å². The van der Waals surface area contributed by atoms with Gasteiger partial charge in [-0.25, -0.2) is 0 Å². The molecular formula is C14H25BrN4. The first-order valence-corrected chi connectivity index (χ1v) is 7.97. The van der Waals surface area contributed by atoms with Crippen molar-refractivity contribution in [2.24, 2.45) is 18.3 Å². The fraction of sp³-hybridized carbons (Fsp3) is 0.786. The lowest BCUT2D eigenvalue weighted by Gasteiger charge is -2.33. The number of hydrazine groups is 1. The van der Waals surface area contributed by atoms with Crippen molar-refractivity contribution in [2.45, 2.75) is 58.4 Å². The van der Waals surface area contributed by atoms with Gasteiger partial charge in [-0.15, -0.1) is 0 Å². The molecule has 0 aromatic carbocycles. The maximum absolute atomic E-state index is 5.83. The van der Waals surface area contributed by atoms with Gasteiger partial charge in [0, 0.05) is 19.5 Å². The molecule has 3 N–H and O–H groups in total. The summed E-state index contributed by atoms with van der Waals surface area (Å²) in [6, 6.07) is 0.311. The van der Waals surface area contributed by atoms with Crippen LogP contribution in [0.25, 0.3) is 0 Å². The average Bonchev–Trinajstić information content (AvgIpc) is 2.93. The van der Waals surface area contributed by atoms with E-state index in [0.29, 0.717) is 11.5 Å². The lowest BCUT2D eigenvalue weighted by atomic mass is 9.79. The number of nitrogens with two attached hydrogens (primary N) is 1. The molecule has 1 aromatic rings. The number of rotatable bonds is 5. The van der Waals surface area contributed by atoms with Gasteiger partial charge in [-0.1, -0.05) is 26.7 Å². The molecule has 4 nitrogen and oxygen atoms in total. The first kappa shape index (κ1) is 15.0. The summed E-state index contributed by atoms with van der Waals surface area (Å²) < 4.78 is 3.14. The van der Waals surface area contributed by atoms with E-state index in [2.05, 4.69) is 40.3 Å². The standard InChI is InChI=1S/C14H25BrN4/c1-4-10-13(15)11(19(3)18-10)9-12(17-16)14(2)7-5-6-8-14/h12,17H,4-9,16H2,1-3H3. The molecule has 0 aliphatic heterocycles. The zero-order valence-electron chi connectivity index (χ0n) is 12.2. The fourth-order valence-electron chi connectivity index (χ4n) is 3.27. The molecule has 0 radical (unpaired) electrons. The maximum Gasteiger partial charge on any atom is 0.0766 e. The molecule has 1 unspecified atom stereocenters. The molecule has 0 bridgehead atoms. The molecule has 5 heteroatoms. The molecule has 1 aromatic heterocycles. The van der Waals surface area contributed by atoms with Crippen molar-refractivity contribution < 1.29 is 0 Å². The highest BCUT2D eigenvalue weighted by Crippen LogP contribution is 2.41. The minimum absolute atomic E-state index is 0.310. The number of halogens is 1. The van der Waals surface area contributed by atoms with Crippen LogP contribution >= 0.6 is 15.9 Å². The number of aromatic nitrogens is 2. The predicted molar refractivity (Wildman–Crippen MR) is 81.7 cm³/mol. The van der Waals surface area contributed by atoms with Crippen LogP contribution in [-0.4, -0.2) is 15.8 Å². The topological polar surface area (TPSA) is 55.9 Å². The minimum Gasteiger partial charge on any atom is -0.271 e. The van der Waals surface area contributed by atoms with E-state index in [1.54, 1.807) is 0 Å². The Morgan fingerprint density at radius 3 is 2.58 bits per heavy atom. The van der Waals surface area contributed by atoms with Crippen molar-refractivity contribution in [1.29, 1.82) is 0 Å². The van der Waals surface area contributed by atoms with Gasteiger partial charge >= 0.3 is 0 Å². The second-order valence-electron chi connectivity index (χ2n) is 5.97. The van der Waals surface area contributed by atoms with E-state index < -0.39 is 0 Å². The van der Waals surface area contributed by atoms with Gasteiger partial charge in [0.05, 0.1) is 15.9 Å². The molecule has 19 heavy (non-hydrogen) atoms. The molecule has 1 heterocycles. The zero-order chi connectivity index (χ0) is 14.0. The van der Waals surface area contributed by atoms with Crippen LogP contribution in [0.3, 0.4) is 0 Å². The number of nitrogens with zero attached hydrogens (tertiary/aromatic N) is 2. The van der Waals surface area contributed by atoms with Crippen LogP contribution in [-0.2, 0) is 19.9 Å². The second-order valence-corrected chi connectivity index (χ2v) is 6.76. The smallest absolute Gasteiger partial charge is 0.0766 e. The van der Waals surface area contributed by atoms with Gasteiger partial charge in [-0.2, -0.15) is 5.10 Å². The van der Waals surface area contributed by atoms with Crippen LogP contribution in [0.1, 0.15) is 50.9 Å². The summed E-state index contributed by atoms with van der Waals surface area (Å²) in [7, 11) is 2.02. The number of aryl methyl sites for hydroxylation is 2.